The quantitative estimate of drug-likeness (QED) is 0.234. The maximum absolute atomic E-state index is 11.6. The van der Waals surface area contributed by atoms with Crippen LogP contribution < -0.4 is 73.4 Å². The van der Waals surface area contributed by atoms with Crippen LogP contribution in [0.25, 0.3) is 10.4 Å². The van der Waals surface area contributed by atoms with Crippen LogP contribution in [0, 0.1) is 35.0 Å². The summed E-state index contributed by atoms with van der Waals surface area (Å²) >= 11 is 1.18. The fourth-order valence-electron chi connectivity index (χ4n) is 7.03. The fourth-order valence-corrected chi connectivity index (χ4v) is 8.25. The molecule has 4 saturated carbocycles. The molecule has 12 heteroatoms. The molecule has 5 aliphatic rings. The molecule has 0 N–H and O–H groups in total. The third-order valence-electron chi connectivity index (χ3n) is 8.00. The minimum Gasteiger partial charge on any atom is -0.780 e. The smallest absolute Gasteiger partial charge is 0.780 e. The first kappa shape index (κ1) is 28.3. The molecule has 1 spiro atoms. The van der Waals surface area contributed by atoms with Crippen LogP contribution in [0.1, 0.15) is 42.5 Å². The van der Waals surface area contributed by atoms with Crippen molar-refractivity contribution in [1.29, 1.82) is 5.26 Å². The van der Waals surface area contributed by atoms with Gasteiger partial charge in [-0.1, -0.05) is 6.07 Å². The van der Waals surface area contributed by atoms with Crippen LogP contribution in [0.3, 0.4) is 0 Å². The number of phosphoric ester groups is 1. The molecule has 1 aromatic heterocycles. The molecule has 4 aliphatic carbocycles. The molecular formula is C23H22NNa2O7PS. The monoisotopic (exact) mass is 533 g/mol. The summed E-state index contributed by atoms with van der Waals surface area (Å²) in [6, 6.07) is 10.4. The molecule has 8 nitrogen and oxygen atoms in total. The summed E-state index contributed by atoms with van der Waals surface area (Å²) in [5, 5.41) is 9.15. The second kappa shape index (κ2) is 10.1. The van der Waals surface area contributed by atoms with E-state index < -0.39 is 19.2 Å². The van der Waals surface area contributed by atoms with E-state index in [1.54, 1.807) is 31.4 Å². The van der Waals surface area contributed by atoms with Crippen LogP contribution in [0.15, 0.2) is 30.3 Å². The van der Waals surface area contributed by atoms with Crippen LogP contribution in [0.5, 0.6) is 5.75 Å². The van der Waals surface area contributed by atoms with Gasteiger partial charge in [-0.25, -0.2) is 4.89 Å². The summed E-state index contributed by atoms with van der Waals surface area (Å²) in [5.74, 6) is 0.656. The van der Waals surface area contributed by atoms with Gasteiger partial charge in [0, 0.05) is 23.1 Å². The van der Waals surface area contributed by atoms with Crippen molar-refractivity contribution in [3.05, 3.63) is 40.8 Å². The number of hydrogen-bond donors (Lipinski definition) is 0. The standard InChI is InChI=1S/C23H24NO7PS.2Na/c1-28-23(22(30-31-23)16-7-13-6-14(9-16)10-17(22)8-13)15-2-4-19(20(11-15)29-32(25,26)27)21-5-3-18(12-24)33-21;;/h2-5,11,13-14,16-17H,6-10H2,1H3,(H2,25,26,27);;/q;2*+1/p-2. The number of methoxy groups -OCH3 is 1. The number of ether oxygens (including phenoxy) is 1. The molecule has 2 aromatic rings. The van der Waals surface area contributed by atoms with Gasteiger partial charge in [-0.2, -0.15) is 10.1 Å². The van der Waals surface area contributed by atoms with Crippen molar-refractivity contribution in [2.24, 2.45) is 23.7 Å². The number of nitriles is 1. The average Bonchev–Trinajstić information content (AvgIpc) is 3.21. The van der Waals surface area contributed by atoms with Crippen LogP contribution in [-0.2, 0) is 24.9 Å². The van der Waals surface area contributed by atoms with E-state index in [2.05, 4.69) is 6.07 Å². The Bertz CT molecular complexity index is 1180. The zero-order chi connectivity index (χ0) is 23.0. The van der Waals surface area contributed by atoms with E-state index in [9.17, 15) is 14.4 Å². The van der Waals surface area contributed by atoms with E-state index in [4.69, 9.17) is 24.3 Å². The summed E-state index contributed by atoms with van der Waals surface area (Å²) in [7, 11) is -3.78. The largest absolute Gasteiger partial charge is 1.00 e. The van der Waals surface area contributed by atoms with Crippen molar-refractivity contribution >= 4 is 19.2 Å². The molecule has 0 amide bonds. The average molecular weight is 533 g/mol. The molecule has 35 heavy (non-hydrogen) atoms. The first-order chi connectivity index (χ1) is 15.8. The SMILES string of the molecule is COC1(c2ccc(-c3ccc(C#N)s3)c(OP(=O)([O-])[O-])c2)OOC12C1CC3CC(C1)CC2C3.[Na+].[Na+]. The van der Waals surface area contributed by atoms with E-state index >= 15 is 0 Å². The van der Waals surface area contributed by atoms with Crippen molar-refractivity contribution in [2.75, 3.05) is 7.11 Å². The predicted molar refractivity (Wildman–Crippen MR) is 113 cm³/mol. The summed E-state index contributed by atoms with van der Waals surface area (Å²) in [6.07, 6.45) is 5.53. The summed E-state index contributed by atoms with van der Waals surface area (Å²) in [4.78, 5) is 35.9. The van der Waals surface area contributed by atoms with E-state index in [0.29, 0.717) is 32.7 Å². The van der Waals surface area contributed by atoms with Gasteiger partial charge in [-0.15, -0.1) is 11.3 Å². The van der Waals surface area contributed by atoms with Gasteiger partial charge >= 0.3 is 59.1 Å². The molecule has 174 valence electrons. The Balaban J connectivity index is 0.00000144. The Labute approximate surface area is 252 Å². The maximum Gasteiger partial charge on any atom is 1.00 e. The molecule has 7 rings (SSSR count). The van der Waals surface area contributed by atoms with Crippen LogP contribution >= 0.6 is 19.2 Å². The molecular weight excluding hydrogens is 511 g/mol. The van der Waals surface area contributed by atoms with Crippen LogP contribution in [-0.4, -0.2) is 12.7 Å². The first-order valence-electron chi connectivity index (χ1n) is 11.1. The minimum absolute atomic E-state index is 0. The van der Waals surface area contributed by atoms with Gasteiger partial charge in [0.25, 0.3) is 5.79 Å². The molecule has 1 saturated heterocycles. The van der Waals surface area contributed by atoms with E-state index in [-0.39, 0.29) is 76.7 Å². The van der Waals surface area contributed by atoms with Gasteiger partial charge in [0.05, 0.1) is 0 Å². The zero-order valence-electron chi connectivity index (χ0n) is 19.9. The third-order valence-corrected chi connectivity index (χ3v) is 9.45. The van der Waals surface area contributed by atoms with Crippen LogP contribution in [0.2, 0.25) is 0 Å². The topological polar surface area (TPSA) is 124 Å². The number of benzene rings is 1. The van der Waals surface area contributed by atoms with Gasteiger partial charge in [0.1, 0.15) is 24.5 Å². The predicted octanol–water partition coefficient (Wildman–Crippen LogP) is -2.54. The van der Waals surface area contributed by atoms with E-state index in [1.165, 1.54) is 23.8 Å². The number of thiophene rings is 1. The van der Waals surface area contributed by atoms with Crippen molar-refractivity contribution in [2.45, 2.75) is 43.5 Å². The van der Waals surface area contributed by atoms with Gasteiger partial charge in [-0.05, 0) is 80.0 Å². The number of rotatable bonds is 5. The Kier molecular flexibility index (Phi) is 8.14. The molecule has 1 unspecified atom stereocenters. The number of phosphoric acid groups is 1. The summed E-state index contributed by atoms with van der Waals surface area (Å²) in [6.45, 7) is 0. The molecule has 2 heterocycles. The fraction of sp³-hybridized carbons (Fsp3) is 0.522. The molecule has 1 aromatic carbocycles. The van der Waals surface area contributed by atoms with Crippen molar-refractivity contribution in [3.63, 3.8) is 0 Å². The molecule has 4 bridgehead atoms. The molecule has 1 atom stereocenters. The van der Waals surface area contributed by atoms with Gasteiger partial charge < -0.3 is 23.6 Å². The molecule has 5 fully saturated rings. The normalized spacial score (nSPS) is 34.5. The zero-order valence-corrected chi connectivity index (χ0v) is 25.6. The summed E-state index contributed by atoms with van der Waals surface area (Å²) < 4.78 is 22.5. The van der Waals surface area contributed by atoms with Gasteiger partial charge in [-0.3, -0.25) is 0 Å². The van der Waals surface area contributed by atoms with E-state index in [1.807, 2.05) is 0 Å². The van der Waals surface area contributed by atoms with Crippen molar-refractivity contribution in [3.8, 4) is 22.3 Å². The number of nitrogens with zero attached hydrogens (tertiary/aromatic N) is 1. The van der Waals surface area contributed by atoms with Crippen molar-refractivity contribution in [1.82, 2.24) is 0 Å². The summed E-state index contributed by atoms with van der Waals surface area (Å²) in [5.41, 5.74) is 0.305. The minimum atomic E-state index is -5.34. The van der Waals surface area contributed by atoms with Gasteiger partial charge in [0.15, 0.2) is 5.60 Å². The third kappa shape index (κ3) is 4.37. The van der Waals surface area contributed by atoms with Crippen molar-refractivity contribution < 1.29 is 92.5 Å². The van der Waals surface area contributed by atoms with Crippen LogP contribution in [0.4, 0.5) is 0 Å². The number of hydrogen-bond acceptors (Lipinski definition) is 9. The Morgan fingerprint density at radius 1 is 1.06 bits per heavy atom. The molecule has 0 radical (unpaired) electrons. The Morgan fingerprint density at radius 3 is 2.20 bits per heavy atom. The molecule has 1 aliphatic heterocycles. The maximum atomic E-state index is 11.6. The Morgan fingerprint density at radius 2 is 1.71 bits per heavy atom. The Hall–Kier alpha value is 0.240. The van der Waals surface area contributed by atoms with Gasteiger partial charge in [0.2, 0.25) is 0 Å². The first-order valence-corrected chi connectivity index (χ1v) is 13.3. The second-order valence-electron chi connectivity index (χ2n) is 9.61. The van der Waals surface area contributed by atoms with E-state index in [0.717, 1.165) is 25.7 Å². The second-order valence-corrected chi connectivity index (χ2v) is 11.8.